The van der Waals surface area contributed by atoms with Crippen molar-refractivity contribution in [1.29, 1.82) is 0 Å². The molecule has 0 bridgehead atoms. The number of hydrogen-bond acceptors (Lipinski definition) is 6. The Morgan fingerprint density at radius 3 is 1.18 bits per heavy atom. The molecule has 62 heavy (non-hydrogen) atoms. The van der Waals surface area contributed by atoms with Crippen LogP contribution in [0.1, 0.15) is 168 Å². The second-order valence-corrected chi connectivity index (χ2v) is 15.0. The summed E-state index contributed by atoms with van der Waals surface area (Å²) in [5.41, 5.74) is 0. The minimum atomic E-state index is -0.836. The fraction of sp³-hybridized carbons (Fsp3) is 0.518. The van der Waals surface area contributed by atoms with Crippen LogP contribution in [0.2, 0.25) is 0 Å². The summed E-state index contributed by atoms with van der Waals surface area (Å²) in [6.07, 6.45) is 69.8. The lowest BCUT2D eigenvalue weighted by atomic mass is 10.1. The average molecular weight is 853 g/mol. The Morgan fingerprint density at radius 2 is 0.694 bits per heavy atom. The highest BCUT2D eigenvalue weighted by Gasteiger charge is 2.19. The van der Waals surface area contributed by atoms with E-state index in [1.807, 2.05) is 48.6 Å². The van der Waals surface area contributed by atoms with Crippen LogP contribution in [0.3, 0.4) is 0 Å². The molecule has 0 saturated heterocycles. The fourth-order valence-electron chi connectivity index (χ4n) is 5.73. The van der Waals surface area contributed by atoms with E-state index >= 15 is 0 Å². The Balaban J connectivity index is 4.61. The Hall–Kier alpha value is -4.71. The van der Waals surface area contributed by atoms with Gasteiger partial charge in [0.2, 0.25) is 0 Å². The highest BCUT2D eigenvalue weighted by molar-refractivity contribution is 5.71. The third-order valence-electron chi connectivity index (χ3n) is 9.24. The molecule has 0 aliphatic rings. The first kappa shape index (κ1) is 57.3. The Labute approximate surface area is 378 Å². The highest BCUT2D eigenvalue weighted by Crippen LogP contribution is 2.12. The molecule has 0 amide bonds. The van der Waals surface area contributed by atoms with Crippen LogP contribution in [0.25, 0.3) is 0 Å². The Morgan fingerprint density at radius 1 is 0.339 bits per heavy atom. The summed E-state index contributed by atoms with van der Waals surface area (Å²) in [7, 11) is 0. The molecule has 0 heterocycles. The van der Waals surface area contributed by atoms with E-state index < -0.39 is 6.10 Å². The van der Waals surface area contributed by atoms with Gasteiger partial charge in [-0.05, 0) is 89.9 Å². The van der Waals surface area contributed by atoms with Gasteiger partial charge in [0.25, 0.3) is 0 Å². The monoisotopic (exact) mass is 853 g/mol. The van der Waals surface area contributed by atoms with Gasteiger partial charge in [0.05, 0.1) is 0 Å². The van der Waals surface area contributed by atoms with Crippen molar-refractivity contribution >= 4 is 17.9 Å². The summed E-state index contributed by atoms with van der Waals surface area (Å²) in [6.45, 7) is 6.10. The van der Waals surface area contributed by atoms with Crippen LogP contribution in [0.5, 0.6) is 0 Å². The quantitative estimate of drug-likeness (QED) is 0.0201. The van der Waals surface area contributed by atoms with E-state index in [0.717, 1.165) is 103 Å². The molecule has 0 aliphatic carbocycles. The van der Waals surface area contributed by atoms with E-state index in [1.54, 1.807) is 0 Å². The van der Waals surface area contributed by atoms with Crippen LogP contribution < -0.4 is 0 Å². The summed E-state index contributed by atoms with van der Waals surface area (Å²) in [6, 6.07) is 0. The first-order chi connectivity index (χ1) is 30.5. The van der Waals surface area contributed by atoms with E-state index in [0.29, 0.717) is 12.8 Å². The minimum absolute atomic E-state index is 0.133. The first-order valence-electron chi connectivity index (χ1n) is 23.9. The van der Waals surface area contributed by atoms with Gasteiger partial charge in [-0.15, -0.1) is 0 Å². The molecule has 0 radical (unpaired) electrons. The second kappa shape index (κ2) is 49.0. The third-order valence-corrected chi connectivity index (χ3v) is 9.24. The van der Waals surface area contributed by atoms with Crippen molar-refractivity contribution in [2.75, 3.05) is 13.2 Å². The summed E-state index contributed by atoms with van der Waals surface area (Å²) < 4.78 is 16.6. The molecule has 0 rings (SSSR count). The number of ether oxygens (including phenoxy) is 3. The molecule has 6 heteroatoms. The van der Waals surface area contributed by atoms with Crippen LogP contribution in [0.15, 0.2) is 146 Å². The van der Waals surface area contributed by atoms with Crippen LogP contribution in [0, 0.1) is 0 Å². The molecule has 0 fully saturated rings. The van der Waals surface area contributed by atoms with Crippen molar-refractivity contribution in [2.45, 2.75) is 175 Å². The molecule has 6 nitrogen and oxygen atoms in total. The van der Waals surface area contributed by atoms with Gasteiger partial charge in [0, 0.05) is 19.3 Å². The molecule has 0 saturated carbocycles. The Kier molecular flexibility index (Phi) is 45.2. The molecular weight excluding hydrogens is 769 g/mol. The van der Waals surface area contributed by atoms with Crippen molar-refractivity contribution in [2.24, 2.45) is 0 Å². The summed E-state index contributed by atoms with van der Waals surface area (Å²) in [5.74, 6) is -1.08. The van der Waals surface area contributed by atoms with Gasteiger partial charge >= 0.3 is 17.9 Å². The molecule has 0 aromatic heterocycles. The van der Waals surface area contributed by atoms with E-state index in [2.05, 4.69) is 118 Å². The van der Waals surface area contributed by atoms with Crippen LogP contribution >= 0.6 is 0 Å². The van der Waals surface area contributed by atoms with E-state index in [4.69, 9.17) is 14.2 Å². The zero-order valence-electron chi connectivity index (χ0n) is 39.1. The maximum absolute atomic E-state index is 12.8. The molecule has 1 unspecified atom stereocenters. The molecule has 1 atom stereocenters. The van der Waals surface area contributed by atoms with Gasteiger partial charge in [0.15, 0.2) is 6.10 Å². The van der Waals surface area contributed by atoms with E-state index in [1.165, 1.54) is 19.3 Å². The third kappa shape index (κ3) is 46.4. The van der Waals surface area contributed by atoms with Crippen molar-refractivity contribution < 1.29 is 28.6 Å². The molecule has 344 valence electrons. The highest BCUT2D eigenvalue weighted by atomic mass is 16.6. The summed E-state index contributed by atoms with van der Waals surface area (Å²) in [5, 5.41) is 0. The lowest BCUT2D eigenvalue weighted by molar-refractivity contribution is -0.166. The van der Waals surface area contributed by atoms with Gasteiger partial charge in [-0.3, -0.25) is 14.4 Å². The zero-order valence-corrected chi connectivity index (χ0v) is 39.1. The van der Waals surface area contributed by atoms with Crippen molar-refractivity contribution in [3.05, 3.63) is 146 Å². The van der Waals surface area contributed by atoms with E-state index in [9.17, 15) is 14.4 Å². The van der Waals surface area contributed by atoms with Crippen LogP contribution in [0.4, 0.5) is 0 Å². The zero-order chi connectivity index (χ0) is 45.1. The molecule has 0 spiro atoms. The SMILES string of the molecule is CC\C=C/C=C\C=C/C=C\CCCCCC(=O)OCC(COC(=O)CC/C=C\C/C=C\C/C=C\C/C=C\C/C=C\CC)OC(=O)CCCCCCCCC\C=C/C=C\C=C/CC. The largest absolute Gasteiger partial charge is 0.462 e. The van der Waals surface area contributed by atoms with Crippen LogP contribution in [-0.4, -0.2) is 37.2 Å². The molecule has 0 aliphatic heterocycles. The number of unbranched alkanes of at least 4 members (excludes halogenated alkanes) is 10. The van der Waals surface area contributed by atoms with Gasteiger partial charge < -0.3 is 14.2 Å². The predicted molar refractivity (Wildman–Crippen MR) is 265 cm³/mol. The normalized spacial score (nSPS) is 13.4. The van der Waals surface area contributed by atoms with E-state index in [-0.39, 0.29) is 44.0 Å². The lowest BCUT2D eigenvalue weighted by Crippen LogP contribution is -2.30. The van der Waals surface area contributed by atoms with Gasteiger partial charge in [-0.2, -0.15) is 0 Å². The topological polar surface area (TPSA) is 78.9 Å². The minimum Gasteiger partial charge on any atom is -0.462 e. The first-order valence-corrected chi connectivity index (χ1v) is 23.9. The second-order valence-electron chi connectivity index (χ2n) is 15.0. The van der Waals surface area contributed by atoms with Gasteiger partial charge in [-0.1, -0.05) is 205 Å². The number of allylic oxidation sites excluding steroid dienone is 24. The Bertz CT molecular complexity index is 1440. The maximum atomic E-state index is 12.8. The molecule has 0 N–H and O–H groups in total. The average Bonchev–Trinajstić information content (AvgIpc) is 3.27. The number of esters is 3. The summed E-state index contributed by atoms with van der Waals surface area (Å²) in [4.78, 5) is 37.9. The van der Waals surface area contributed by atoms with Crippen molar-refractivity contribution in [3.8, 4) is 0 Å². The number of carbonyl (C=O) groups is 3. The fourth-order valence-corrected chi connectivity index (χ4v) is 5.73. The number of hydrogen-bond donors (Lipinski definition) is 0. The van der Waals surface area contributed by atoms with Crippen molar-refractivity contribution in [1.82, 2.24) is 0 Å². The standard InChI is InChI=1S/C56H84O6/c1-4-7-10-13-16-19-22-25-27-29-31-34-37-40-43-46-49-55(58)61-52-53(51-60-54(57)48-45-42-39-36-33-30-24-21-18-15-12-9-6-3)62-56(59)50-47-44-41-38-35-32-28-26-23-20-17-14-11-8-5-2/h7-12,14-21,23-25,27,30-31,33-34,40,43,53H,4-6,13,22,26,28-29,32,35-39,41-42,44-52H2,1-3H3/b10-7-,11-8-,12-9-,17-14-,18-15-,19-16-,23-20-,24-21-,27-25-,33-30-,34-31-,43-40-. The van der Waals surface area contributed by atoms with Gasteiger partial charge in [0.1, 0.15) is 13.2 Å². The molecule has 0 aromatic rings. The van der Waals surface area contributed by atoms with Crippen LogP contribution in [-0.2, 0) is 28.6 Å². The van der Waals surface area contributed by atoms with Crippen molar-refractivity contribution in [3.63, 3.8) is 0 Å². The smallest absolute Gasteiger partial charge is 0.306 e. The maximum Gasteiger partial charge on any atom is 0.306 e. The summed E-state index contributed by atoms with van der Waals surface area (Å²) >= 11 is 0. The molecule has 0 aromatic carbocycles. The lowest BCUT2D eigenvalue weighted by Gasteiger charge is -2.18. The molecular formula is C56H84O6. The number of carbonyl (C=O) groups excluding carboxylic acids is 3. The van der Waals surface area contributed by atoms with Gasteiger partial charge in [-0.25, -0.2) is 0 Å². The number of rotatable bonds is 40. The predicted octanol–water partition coefficient (Wildman–Crippen LogP) is 15.7.